The highest BCUT2D eigenvalue weighted by Gasteiger charge is 2.04. The molecule has 0 saturated carbocycles. The van der Waals surface area contributed by atoms with Crippen molar-refractivity contribution in [3.8, 4) is 5.88 Å². The summed E-state index contributed by atoms with van der Waals surface area (Å²) in [7, 11) is 5.55. The number of ether oxygens (including phenoxy) is 1. The molecule has 1 aromatic rings. The molecule has 0 aliphatic heterocycles. The first-order valence-corrected chi connectivity index (χ1v) is 6.01. The number of methoxy groups -OCH3 is 1. The van der Waals surface area contributed by atoms with E-state index in [0.29, 0.717) is 5.88 Å². The van der Waals surface area contributed by atoms with E-state index in [4.69, 9.17) is 4.74 Å². The molecule has 5 heteroatoms. The van der Waals surface area contributed by atoms with Crippen LogP contribution in [0.4, 0.5) is 5.69 Å². The van der Waals surface area contributed by atoms with Crippen LogP contribution in [-0.4, -0.2) is 30.5 Å². The second-order valence-corrected chi connectivity index (χ2v) is 4.19. The maximum Gasteiger partial charge on any atom is 0.237 e. The topological polar surface area (TPSA) is 37.4 Å². The molecule has 0 aliphatic carbocycles. The van der Waals surface area contributed by atoms with Crippen molar-refractivity contribution in [1.82, 2.24) is 9.29 Å². The van der Waals surface area contributed by atoms with Gasteiger partial charge in [-0.3, -0.25) is 0 Å². The minimum atomic E-state index is 0.616. The Morgan fingerprint density at radius 2 is 2.00 bits per heavy atom. The summed E-state index contributed by atoms with van der Waals surface area (Å²) in [5.41, 5.74) is 2.00. The summed E-state index contributed by atoms with van der Waals surface area (Å²) >= 11 is 1.49. The van der Waals surface area contributed by atoms with Crippen molar-refractivity contribution in [3.05, 3.63) is 17.8 Å². The summed E-state index contributed by atoms with van der Waals surface area (Å²) in [5.74, 6) is 0.616. The number of hydrogen-bond acceptors (Lipinski definition) is 5. The van der Waals surface area contributed by atoms with E-state index in [-0.39, 0.29) is 0 Å². The van der Waals surface area contributed by atoms with E-state index in [9.17, 15) is 0 Å². The van der Waals surface area contributed by atoms with Gasteiger partial charge in [0.1, 0.15) is 5.69 Å². The molecule has 0 spiro atoms. The molecule has 0 saturated heterocycles. The molecule has 1 N–H and O–H groups in total. The number of nitrogens with one attached hydrogen (secondary N) is 1. The highest BCUT2D eigenvalue weighted by Crippen LogP contribution is 2.24. The second kappa shape index (κ2) is 8.24. The molecule has 0 aromatic carbocycles. The van der Waals surface area contributed by atoms with Gasteiger partial charge in [-0.1, -0.05) is 13.8 Å². The molecule has 1 rings (SSSR count). The zero-order valence-corrected chi connectivity index (χ0v) is 11.7. The van der Waals surface area contributed by atoms with Crippen LogP contribution in [0.5, 0.6) is 5.88 Å². The zero-order chi connectivity index (χ0) is 12.6. The molecule has 0 atom stereocenters. The van der Waals surface area contributed by atoms with Gasteiger partial charge in [-0.05, 0) is 32.6 Å². The Labute approximate surface area is 103 Å². The van der Waals surface area contributed by atoms with Crippen molar-refractivity contribution in [2.24, 2.45) is 0 Å². The summed E-state index contributed by atoms with van der Waals surface area (Å²) in [6.07, 6.45) is 1.78. The number of anilines is 1. The molecule has 0 fully saturated rings. The fourth-order valence-electron chi connectivity index (χ4n) is 0.933. The van der Waals surface area contributed by atoms with Crippen LogP contribution in [0.2, 0.25) is 0 Å². The van der Waals surface area contributed by atoms with E-state index in [2.05, 4.69) is 9.71 Å². The standard InChI is InChI=1S/C9H15N3OS.C2H6/c1-7-5-8(11-14-12(2)3)9(13-4)10-6-7;1-2/h5-6,11H,1-4H3;1-2H3. The third-order valence-electron chi connectivity index (χ3n) is 1.52. The summed E-state index contributed by atoms with van der Waals surface area (Å²) in [4.78, 5) is 4.16. The van der Waals surface area contributed by atoms with Gasteiger partial charge in [-0.2, -0.15) is 0 Å². The van der Waals surface area contributed by atoms with Crippen LogP contribution < -0.4 is 9.46 Å². The lowest BCUT2D eigenvalue weighted by Gasteiger charge is -2.12. The van der Waals surface area contributed by atoms with Gasteiger partial charge >= 0.3 is 0 Å². The fourth-order valence-corrected chi connectivity index (χ4v) is 1.36. The normalized spacial score (nSPS) is 9.44. The van der Waals surface area contributed by atoms with Crippen LogP contribution in [0.1, 0.15) is 19.4 Å². The number of aryl methyl sites for hydroxylation is 1. The first-order valence-electron chi connectivity index (χ1n) is 5.24. The van der Waals surface area contributed by atoms with E-state index >= 15 is 0 Å². The number of pyridine rings is 1. The summed E-state index contributed by atoms with van der Waals surface area (Å²) in [5, 5.41) is 0. The van der Waals surface area contributed by atoms with E-state index in [1.165, 1.54) is 12.1 Å². The van der Waals surface area contributed by atoms with Gasteiger partial charge in [0, 0.05) is 18.3 Å². The summed E-state index contributed by atoms with van der Waals surface area (Å²) in [6.45, 7) is 6.00. The maximum absolute atomic E-state index is 5.13. The van der Waals surface area contributed by atoms with Crippen molar-refractivity contribution >= 4 is 17.8 Å². The number of aromatic nitrogens is 1. The van der Waals surface area contributed by atoms with E-state index in [1.54, 1.807) is 13.3 Å². The monoisotopic (exact) mass is 243 g/mol. The van der Waals surface area contributed by atoms with Gasteiger partial charge in [0.15, 0.2) is 0 Å². The predicted octanol–water partition coefficient (Wildman–Crippen LogP) is 2.96. The van der Waals surface area contributed by atoms with Crippen molar-refractivity contribution in [2.45, 2.75) is 20.8 Å². The van der Waals surface area contributed by atoms with Crippen LogP contribution in [0.3, 0.4) is 0 Å². The Morgan fingerprint density at radius 3 is 2.50 bits per heavy atom. The lowest BCUT2D eigenvalue weighted by Crippen LogP contribution is -2.05. The Hall–Kier alpha value is -0.940. The molecule has 1 heterocycles. The summed E-state index contributed by atoms with van der Waals surface area (Å²) in [6, 6.07) is 2.00. The molecule has 1 aromatic heterocycles. The largest absolute Gasteiger partial charge is 0.480 e. The fraction of sp³-hybridized carbons (Fsp3) is 0.545. The quantitative estimate of drug-likeness (QED) is 0.823. The molecule has 0 bridgehead atoms. The minimum absolute atomic E-state index is 0.616. The summed E-state index contributed by atoms with van der Waals surface area (Å²) < 4.78 is 10.2. The molecule has 4 nitrogen and oxygen atoms in total. The first-order chi connectivity index (χ1) is 7.63. The van der Waals surface area contributed by atoms with Crippen LogP contribution in [0, 0.1) is 6.92 Å². The zero-order valence-electron chi connectivity index (χ0n) is 10.9. The van der Waals surface area contributed by atoms with Crippen LogP contribution in [-0.2, 0) is 0 Å². The highest BCUT2D eigenvalue weighted by atomic mass is 32.2. The third kappa shape index (κ3) is 5.23. The van der Waals surface area contributed by atoms with Gasteiger partial charge in [0.25, 0.3) is 0 Å². The Bertz CT molecular complexity index is 305. The number of hydrogen-bond donors (Lipinski definition) is 1. The lowest BCUT2D eigenvalue weighted by atomic mass is 10.3. The average molecular weight is 243 g/mol. The van der Waals surface area contributed by atoms with E-state index in [1.807, 2.05) is 45.2 Å². The maximum atomic E-state index is 5.13. The Balaban J connectivity index is 0.00000106. The SMILES string of the molecule is CC.COc1ncc(C)cc1NSN(C)C. The van der Waals surface area contributed by atoms with Gasteiger partial charge in [0.2, 0.25) is 5.88 Å². The van der Waals surface area contributed by atoms with Crippen molar-refractivity contribution in [1.29, 1.82) is 0 Å². The van der Waals surface area contributed by atoms with Gasteiger partial charge in [-0.25, -0.2) is 9.29 Å². The van der Waals surface area contributed by atoms with Crippen LogP contribution >= 0.6 is 12.1 Å². The highest BCUT2D eigenvalue weighted by molar-refractivity contribution is 7.98. The molecule has 0 amide bonds. The van der Waals surface area contributed by atoms with Crippen molar-refractivity contribution in [2.75, 3.05) is 25.9 Å². The van der Waals surface area contributed by atoms with Crippen LogP contribution in [0.25, 0.3) is 0 Å². The van der Waals surface area contributed by atoms with Crippen molar-refractivity contribution in [3.63, 3.8) is 0 Å². The Morgan fingerprint density at radius 1 is 1.38 bits per heavy atom. The van der Waals surface area contributed by atoms with Gasteiger partial charge in [-0.15, -0.1) is 0 Å². The molecular weight excluding hydrogens is 222 g/mol. The first kappa shape index (κ1) is 15.1. The van der Waals surface area contributed by atoms with Crippen molar-refractivity contribution < 1.29 is 4.74 Å². The molecular formula is C11H21N3OS. The number of rotatable bonds is 4. The molecule has 0 aliphatic rings. The lowest BCUT2D eigenvalue weighted by molar-refractivity contribution is 0.400. The van der Waals surface area contributed by atoms with Gasteiger partial charge < -0.3 is 9.46 Å². The smallest absolute Gasteiger partial charge is 0.237 e. The molecule has 0 unspecified atom stereocenters. The molecule has 0 radical (unpaired) electrons. The van der Waals surface area contributed by atoms with Gasteiger partial charge in [0.05, 0.1) is 7.11 Å². The molecule has 92 valence electrons. The second-order valence-electron chi connectivity index (χ2n) is 3.08. The molecule has 16 heavy (non-hydrogen) atoms. The number of nitrogens with zero attached hydrogens (tertiary/aromatic N) is 2. The minimum Gasteiger partial charge on any atom is -0.480 e. The van der Waals surface area contributed by atoms with E-state index < -0.39 is 0 Å². The average Bonchev–Trinajstić information content (AvgIpc) is 2.29. The van der Waals surface area contributed by atoms with E-state index in [0.717, 1.165) is 11.3 Å². The third-order valence-corrected chi connectivity index (χ3v) is 2.20. The predicted molar refractivity (Wildman–Crippen MR) is 71.8 cm³/mol. The Kier molecular flexibility index (Phi) is 7.76. The van der Waals surface area contributed by atoms with Crippen LogP contribution in [0.15, 0.2) is 12.3 Å².